The molecule has 9 nitrogen and oxygen atoms in total. The van der Waals surface area contributed by atoms with Crippen molar-refractivity contribution in [3.05, 3.63) is 119 Å². The zero-order chi connectivity index (χ0) is 32.5. The van der Waals surface area contributed by atoms with E-state index in [-0.39, 0.29) is 29.5 Å². The minimum absolute atomic E-state index is 0.0144. The molecule has 1 N–H and O–H groups in total. The van der Waals surface area contributed by atoms with Crippen LogP contribution in [0.3, 0.4) is 0 Å². The van der Waals surface area contributed by atoms with Gasteiger partial charge in [-0.15, -0.1) is 0 Å². The number of nitrogens with zero attached hydrogens (tertiary/aromatic N) is 2. The second-order valence-corrected chi connectivity index (χ2v) is 13.1. The summed E-state index contributed by atoms with van der Waals surface area (Å²) in [6.07, 6.45) is 0.928. The second kappa shape index (κ2) is 15.2. The highest BCUT2D eigenvalue weighted by molar-refractivity contribution is 7.92. The molecule has 1 atom stereocenters. The van der Waals surface area contributed by atoms with E-state index in [1.807, 2.05) is 43.3 Å². The molecule has 2 amide bonds. The molecule has 0 fully saturated rings. The van der Waals surface area contributed by atoms with Gasteiger partial charge in [-0.25, -0.2) is 8.42 Å². The van der Waals surface area contributed by atoms with E-state index in [1.165, 1.54) is 17.0 Å². The Morgan fingerprint density at radius 1 is 0.848 bits per heavy atom. The largest absolute Gasteiger partial charge is 0.486 e. The molecule has 4 aromatic rings. The molecule has 0 spiro atoms. The zero-order valence-corrected chi connectivity index (χ0v) is 27.0. The van der Waals surface area contributed by atoms with Gasteiger partial charge in [0.25, 0.3) is 10.0 Å². The molecule has 0 bridgehead atoms. The van der Waals surface area contributed by atoms with E-state index in [9.17, 15) is 18.0 Å². The van der Waals surface area contributed by atoms with E-state index in [0.717, 1.165) is 9.87 Å². The van der Waals surface area contributed by atoms with Gasteiger partial charge in [-0.2, -0.15) is 0 Å². The van der Waals surface area contributed by atoms with Gasteiger partial charge in [0.1, 0.15) is 25.8 Å². The van der Waals surface area contributed by atoms with Crippen molar-refractivity contribution in [1.29, 1.82) is 0 Å². The predicted molar refractivity (Wildman–Crippen MR) is 178 cm³/mol. The van der Waals surface area contributed by atoms with Crippen molar-refractivity contribution >= 4 is 39.1 Å². The molecule has 0 saturated heterocycles. The predicted octanol–water partition coefficient (Wildman–Crippen LogP) is 5.47. The van der Waals surface area contributed by atoms with Crippen LogP contribution in [0.1, 0.15) is 24.5 Å². The van der Waals surface area contributed by atoms with Gasteiger partial charge in [0, 0.05) is 30.6 Å². The molecule has 1 aliphatic heterocycles. The van der Waals surface area contributed by atoms with Crippen LogP contribution in [0.4, 0.5) is 5.69 Å². The third-order valence-electron chi connectivity index (χ3n) is 7.49. The van der Waals surface area contributed by atoms with Crippen LogP contribution >= 0.6 is 11.6 Å². The highest BCUT2D eigenvalue weighted by atomic mass is 35.5. The smallest absolute Gasteiger partial charge is 0.264 e. The summed E-state index contributed by atoms with van der Waals surface area (Å²) in [6.45, 7) is 2.50. The van der Waals surface area contributed by atoms with E-state index in [0.29, 0.717) is 48.3 Å². The van der Waals surface area contributed by atoms with Gasteiger partial charge in [0.15, 0.2) is 11.5 Å². The molecule has 4 aromatic carbocycles. The Morgan fingerprint density at radius 3 is 2.22 bits per heavy atom. The fraction of sp³-hybridized carbons (Fsp3) is 0.257. The number of hydrogen-bond acceptors (Lipinski definition) is 6. The fourth-order valence-electron chi connectivity index (χ4n) is 5.19. The van der Waals surface area contributed by atoms with Crippen molar-refractivity contribution < 1.29 is 27.5 Å². The third-order valence-corrected chi connectivity index (χ3v) is 9.51. The number of carbonyl (C=O) groups excluding carboxylic acids is 2. The molecular formula is C35H36ClN3O6S. The Hall–Kier alpha value is -4.54. The number of halogens is 1. The Morgan fingerprint density at radius 2 is 1.52 bits per heavy atom. The molecule has 0 saturated carbocycles. The van der Waals surface area contributed by atoms with Crippen LogP contribution in [-0.4, -0.2) is 57.5 Å². The van der Waals surface area contributed by atoms with E-state index in [2.05, 4.69) is 5.32 Å². The molecule has 1 heterocycles. The maximum absolute atomic E-state index is 14.5. The van der Waals surface area contributed by atoms with Crippen molar-refractivity contribution in [3.8, 4) is 11.5 Å². The first-order valence-corrected chi connectivity index (χ1v) is 16.9. The zero-order valence-electron chi connectivity index (χ0n) is 25.5. The van der Waals surface area contributed by atoms with Crippen molar-refractivity contribution in [2.45, 2.75) is 37.2 Å². The van der Waals surface area contributed by atoms with Gasteiger partial charge >= 0.3 is 0 Å². The summed E-state index contributed by atoms with van der Waals surface area (Å²) >= 11 is 6.31. The second-order valence-electron chi connectivity index (χ2n) is 10.8. The number of carbonyl (C=O) groups is 2. The number of hydrogen-bond donors (Lipinski definition) is 1. The molecule has 0 aromatic heterocycles. The van der Waals surface area contributed by atoms with E-state index < -0.39 is 28.5 Å². The number of fused-ring (bicyclic) bond motifs is 1. The summed E-state index contributed by atoms with van der Waals surface area (Å²) in [5, 5.41) is 3.42. The van der Waals surface area contributed by atoms with Gasteiger partial charge in [0.05, 0.1) is 10.6 Å². The first kappa shape index (κ1) is 32.8. The van der Waals surface area contributed by atoms with Crippen LogP contribution in [0.25, 0.3) is 0 Å². The number of rotatable bonds is 13. The average molecular weight is 662 g/mol. The van der Waals surface area contributed by atoms with Crippen molar-refractivity contribution in [2.75, 3.05) is 30.6 Å². The first-order valence-electron chi connectivity index (χ1n) is 15.1. The first-order chi connectivity index (χ1) is 22.3. The quantitative estimate of drug-likeness (QED) is 0.204. The lowest BCUT2D eigenvalue weighted by Crippen LogP contribution is -2.53. The van der Waals surface area contributed by atoms with Crippen LogP contribution in [0.15, 0.2) is 108 Å². The summed E-state index contributed by atoms with van der Waals surface area (Å²) in [7, 11) is -4.24. The summed E-state index contributed by atoms with van der Waals surface area (Å²) in [6, 6.07) is 28.2. The summed E-state index contributed by atoms with van der Waals surface area (Å²) in [5.74, 6) is -0.0440. The molecular weight excluding hydrogens is 626 g/mol. The minimum atomic E-state index is -4.24. The number of nitrogens with one attached hydrogen (secondary N) is 1. The normalized spacial score (nSPS) is 13.0. The molecule has 0 radical (unpaired) electrons. The van der Waals surface area contributed by atoms with Crippen LogP contribution in [0, 0.1) is 0 Å². The lowest BCUT2D eigenvalue weighted by molar-refractivity contribution is -0.140. The molecule has 240 valence electrons. The molecule has 0 unspecified atom stereocenters. The Balaban J connectivity index is 1.58. The van der Waals surface area contributed by atoms with Crippen LogP contribution in [-0.2, 0) is 32.6 Å². The summed E-state index contributed by atoms with van der Waals surface area (Å²) in [4.78, 5) is 29.7. The number of amides is 2. The van der Waals surface area contributed by atoms with E-state index in [4.69, 9.17) is 21.1 Å². The van der Waals surface area contributed by atoms with Crippen LogP contribution in [0.2, 0.25) is 5.02 Å². The summed E-state index contributed by atoms with van der Waals surface area (Å²) < 4.78 is 40.8. The third kappa shape index (κ3) is 7.99. The molecule has 46 heavy (non-hydrogen) atoms. The highest BCUT2D eigenvalue weighted by Gasteiger charge is 2.35. The Labute approximate surface area is 274 Å². The Bertz CT molecular complexity index is 1750. The molecule has 1 aliphatic rings. The number of anilines is 1. The molecule has 5 rings (SSSR count). The number of sulfonamides is 1. The van der Waals surface area contributed by atoms with E-state index >= 15 is 0 Å². The maximum Gasteiger partial charge on any atom is 0.264 e. The monoisotopic (exact) mass is 661 g/mol. The Kier molecular flexibility index (Phi) is 10.8. The van der Waals surface area contributed by atoms with Crippen LogP contribution < -0.4 is 19.1 Å². The van der Waals surface area contributed by atoms with Gasteiger partial charge in [-0.1, -0.05) is 79.2 Å². The van der Waals surface area contributed by atoms with Crippen LogP contribution in [0.5, 0.6) is 11.5 Å². The highest BCUT2D eigenvalue weighted by Crippen LogP contribution is 2.36. The maximum atomic E-state index is 14.5. The van der Waals surface area contributed by atoms with Crippen molar-refractivity contribution in [1.82, 2.24) is 10.2 Å². The van der Waals surface area contributed by atoms with Crippen molar-refractivity contribution in [3.63, 3.8) is 0 Å². The fourth-order valence-corrected chi connectivity index (χ4v) is 6.83. The molecule has 0 aliphatic carbocycles. The minimum Gasteiger partial charge on any atom is -0.486 e. The average Bonchev–Trinajstić information content (AvgIpc) is 3.08. The topological polar surface area (TPSA) is 105 Å². The van der Waals surface area contributed by atoms with Crippen molar-refractivity contribution in [2.24, 2.45) is 0 Å². The SMILES string of the molecule is CCCNC(=O)[C@H](Cc1ccccc1)N(Cc1cccc(Cl)c1)C(=O)CN(c1ccc2c(c1)OCCO2)S(=O)(=O)c1ccccc1. The van der Waals surface area contributed by atoms with Gasteiger partial charge < -0.3 is 19.7 Å². The van der Waals surface area contributed by atoms with Gasteiger partial charge in [-0.3, -0.25) is 13.9 Å². The lowest BCUT2D eigenvalue weighted by atomic mass is 10.0. The summed E-state index contributed by atoms with van der Waals surface area (Å²) in [5.41, 5.74) is 1.77. The standard InChI is InChI=1S/C35H36ClN3O6S/c1-2-18-37-35(41)31(22-26-10-5-3-6-11-26)38(24-27-12-9-13-28(36)21-27)34(40)25-39(46(42,43)30-14-7-4-8-15-30)29-16-17-32-33(23-29)45-20-19-44-32/h3-17,21,23,31H,2,18-20,22,24-25H2,1H3,(H,37,41)/t31-/m0/s1. The van der Waals surface area contributed by atoms with E-state index in [1.54, 1.807) is 54.6 Å². The lowest BCUT2D eigenvalue weighted by Gasteiger charge is -2.34. The van der Waals surface area contributed by atoms with Gasteiger partial charge in [-0.05, 0) is 53.9 Å². The molecule has 11 heteroatoms. The van der Waals surface area contributed by atoms with Gasteiger partial charge in [0.2, 0.25) is 11.8 Å². The number of benzene rings is 4. The number of ether oxygens (including phenoxy) is 2.